The quantitative estimate of drug-likeness (QED) is 0.194. The zero-order valence-corrected chi connectivity index (χ0v) is 26.7. The zero-order valence-electron chi connectivity index (χ0n) is 26.7. The van der Waals surface area contributed by atoms with Crippen LogP contribution in [0.15, 0.2) is 175 Å². The van der Waals surface area contributed by atoms with E-state index in [0.29, 0.717) is 0 Å². The van der Waals surface area contributed by atoms with Gasteiger partial charge in [-0.15, -0.1) is 0 Å². The molecule has 0 saturated heterocycles. The normalized spacial score (nSPS) is 14.5. The molecule has 1 aliphatic heterocycles. The molecule has 49 heavy (non-hydrogen) atoms. The summed E-state index contributed by atoms with van der Waals surface area (Å²) in [7, 11) is 0. The van der Waals surface area contributed by atoms with Gasteiger partial charge in [0.05, 0.1) is 11.0 Å². The standard InChI is InChI=1S/C46H31N3/c1-2-13-34(14-3-1)49-44-20-9-8-19-40(44)42-29-33(22-24-45(42)49)46-47-26-25-43(48-46)32-12-10-11-30(27-32)31-21-23-39-37-17-5-4-15-35(37)36-16-6-7-18-38(36)41(39)28-31/h1-29,46,48H. The molecule has 10 rings (SSSR count). The van der Waals surface area contributed by atoms with E-state index in [1.54, 1.807) is 0 Å². The minimum absolute atomic E-state index is 0.188. The maximum Gasteiger partial charge on any atom is 0.144 e. The Kier molecular flexibility index (Phi) is 6.25. The maximum absolute atomic E-state index is 4.88. The Labute approximate surface area is 284 Å². The van der Waals surface area contributed by atoms with Crippen molar-refractivity contribution in [3.8, 4) is 16.8 Å². The highest BCUT2D eigenvalue weighted by molar-refractivity contribution is 6.25. The molecule has 3 nitrogen and oxygen atoms in total. The second-order valence-corrected chi connectivity index (χ2v) is 12.8. The fourth-order valence-electron chi connectivity index (χ4n) is 7.75. The maximum atomic E-state index is 4.88. The van der Waals surface area contributed by atoms with Crippen LogP contribution in [0.3, 0.4) is 0 Å². The van der Waals surface area contributed by atoms with Crippen LogP contribution in [-0.4, -0.2) is 10.8 Å². The molecule has 8 aromatic carbocycles. The van der Waals surface area contributed by atoms with Gasteiger partial charge in [0.1, 0.15) is 6.17 Å². The predicted octanol–water partition coefficient (Wildman–Crippen LogP) is 11.6. The molecule has 1 N–H and O–H groups in total. The molecule has 1 atom stereocenters. The van der Waals surface area contributed by atoms with Crippen molar-refractivity contribution in [3.63, 3.8) is 0 Å². The van der Waals surface area contributed by atoms with Gasteiger partial charge in [0, 0.05) is 28.4 Å². The first kappa shape index (κ1) is 27.6. The van der Waals surface area contributed by atoms with Crippen molar-refractivity contribution in [3.05, 3.63) is 181 Å². The topological polar surface area (TPSA) is 29.3 Å². The van der Waals surface area contributed by atoms with Gasteiger partial charge in [0.15, 0.2) is 0 Å². The van der Waals surface area contributed by atoms with Gasteiger partial charge in [0.2, 0.25) is 0 Å². The molecular weight excluding hydrogens is 595 g/mol. The molecule has 1 unspecified atom stereocenters. The minimum Gasteiger partial charge on any atom is -0.360 e. The summed E-state index contributed by atoms with van der Waals surface area (Å²) in [5, 5.41) is 13.9. The third kappa shape index (κ3) is 4.47. The highest BCUT2D eigenvalue weighted by Gasteiger charge is 2.19. The van der Waals surface area contributed by atoms with Gasteiger partial charge in [-0.2, -0.15) is 0 Å². The van der Waals surface area contributed by atoms with Crippen LogP contribution in [0, 0.1) is 0 Å². The molecule has 1 aromatic heterocycles. The first-order valence-corrected chi connectivity index (χ1v) is 16.8. The summed E-state index contributed by atoms with van der Waals surface area (Å²) >= 11 is 0. The van der Waals surface area contributed by atoms with Crippen LogP contribution in [0.1, 0.15) is 17.3 Å². The monoisotopic (exact) mass is 625 g/mol. The van der Waals surface area contributed by atoms with Crippen molar-refractivity contribution in [2.45, 2.75) is 6.17 Å². The van der Waals surface area contributed by atoms with E-state index in [0.717, 1.165) is 22.5 Å². The number of aromatic nitrogens is 1. The second kappa shape index (κ2) is 11.1. The van der Waals surface area contributed by atoms with Crippen molar-refractivity contribution in [1.29, 1.82) is 0 Å². The van der Waals surface area contributed by atoms with Gasteiger partial charge in [0.25, 0.3) is 0 Å². The van der Waals surface area contributed by atoms with E-state index in [1.807, 2.05) is 6.21 Å². The van der Waals surface area contributed by atoms with E-state index in [-0.39, 0.29) is 6.17 Å². The Morgan fingerprint density at radius 1 is 0.429 bits per heavy atom. The number of fused-ring (bicyclic) bond motifs is 9. The number of rotatable bonds is 4. The van der Waals surface area contributed by atoms with Gasteiger partial charge in [-0.25, -0.2) is 0 Å². The Morgan fingerprint density at radius 3 is 1.82 bits per heavy atom. The molecule has 2 heterocycles. The smallest absolute Gasteiger partial charge is 0.144 e. The van der Waals surface area contributed by atoms with Crippen LogP contribution in [0.5, 0.6) is 0 Å². The molecule has 0 amide bonds. The number of aliphatic imine (C=N–C) groups is 1. The lowest BCUT2D eigenvalue weighted by molar-refractivity contribution is 0.668. The molecule has 1 aliphatic rings. The summed E-state index contributed by atoms with van der Waals surface area (Å²) in [4.78, 5) is 4.88. The summed E-state index contributed by atoms with van der Waals surface area (Å²) < 4.78 is 2.35. The Bertz CT molecular complexity index is 2770. The minimum atomic E-state index is -0.188. The molecule has 0 spiro atoms. The van der Waals surface area contributed by atoms with Gasteiger partial charge < -0.3 is 9.88 Å². The van der Waals surface area contributed by atoms with E-state index >= 15 is 0 Å². The number of hydrogen-bond donors (Lipinski definition) is 1. The van der Waals surface area contributed by atoms with Crippen LogP contribution in [0.4, 0.5) is 0 Å². The summed E-state index contributed by atoms with van der Waals surface area (Å²) in [6, 6.07) is 59.2. The molecular formula is C46H31N3. The second-order valence-electron chi connectivity index (χ2n) is 12.8. The van der Waals surface area contributed by atoms with Crippen molar-refractivity contribution >= 4 is 66.0 Å². The van der Waals surface area contributed by atoms with Crippen molar-refractivity contribution < 1.29 is 0 Å². The predicted molar refractivity (Wildman–Crippen MR) is 208 cm³/mol. The number of benzene rings is 8. The molecule has 0 saturated carbocycles. The van der Waals surface area contributed by atoms with Gasteiger partial charge in [-0.3, -0.25) is 4.99 Å². The average molecular weight is 626 g/mol. The van der Waals surface area contributed by atoms with E-state index < -0.39 is 0 Å². The SMILES string of the molecule is C1=NC(c2ccc3c(c2)c2ccccc2n3-c2ccccc2)NC(c2cccc(-c3ccc4c5ccccc5c5ccccc5c4c3)c2)=C1. The number of nitrogens with zero attached hydrogens (tertiary/aromatic N) is 2. The number of nitrogens with one attached hydrogen (secondary N) is 1. The Balaban J connectivity index is 1.01. The zero-order chi connectivity index (χ0) is 32.3. The molecule has 230 valence electrons. The third-order valence-electron chi connectivity index (χ3n) is 10.0. The summed E-state index contributed by atoms with van der Waals surface area (Å²) in [5.41, 5.74) is 9.28. The first-order valence-electron chi connectivity index (χ1n) is 16.8. The molecule has 0 fully saturated rings. The van der Waals surface area contributed by atoms with E-state index in [2.05, 4.69) is 180 Å². The van der Waals surface area contributed by atoms with Crippen LogP contribution < -0.4 is 5.32 Å². The van der Waals surface area contributed by atoms with Gasteiger partial charge in [-0.05, 0) is 103 Å². The number of hydrogen-bond acceptors (Lipinski definition) is 2. The fraction of sp³-hybridized carbons (Fsp3) is 0.0217. The highest BCUT2D eigenvalue weighted by atomic mass is 15.1. The Hall–Kier alpha value is -6.45. The third-order valence-corrected chi connectivity index (χ3v) is 10.0. The highest BCUT2D eigenvalue weighted by Crippen LogP contribution is 2.38. The molecule has 0 bridgehead atoms. The van der Waals surface area contributed by atoms with E-state index in [1.165, 1.54) is 65.3 Å². The average Bonchev–Trinajstić information content (AvgIpc) is 3.52. The van der Waals surface area contributed by atoms with Gasteiger partial charge in [-0.1, -0.05) is 121 Å². The fourth-order valence-corrected chi connectivity index (χ4v) is 7.75. The van der Waals surface area contributed by atoms with E-state index in [9.17, 15) is 0 Å². The van der Waals surface area contributed by atoms with Crippen molar-refractivity contribution in [2.75, 3.05) is 0 Å². The van der Waals surface area contributed by atoms with Crippen LogP contribution in [0.2, 0.25) is 0 Å². The number of allylic oxidation sites excluding steroid dienone is 1. The molecule has 3 heteroatoms. The van der Waals surface area contributed by atoms with Gasteiger partial charge >= 0.3 is 0 Å². The first-order chi connectivity index (χ1) is 24.3. The summed E-state index contributed by atoms with van der Waals surface area (Å²) in [6.07, 6.45) is 3.83. The van der Waals surface area contributed by atoms with Crippen LogP contribution >= 0.6 is 0 Å². The lowest BCUT2D eigenvalue weighted by Gasteiger charge is -2.22. The van der Waals surface area contributed by atoms with E-state index in [4.69, 9.17) is 4.99 Å². The van der Waals surface area contributed by atoms with Crippen LogP contribution in [-0.2, 0) is 0 Å². The van der Waals surface area contributed by atoms with Crippen molar-refractivity contribution in [2.24, 2.45) is 4.99 Å². The summed E-state index contributed by atoms with van der Waals surface area (Å²) in [5.74, 6) is 0. The molecule has 0 radical (unpaired) electrons. The lowest BCUT2D eigenvalue weighted by atomic mass is 9.91. The Morgan fingerprint density at radius 2 is 1.04 bits per heavy atom. The summed E-state index contributed by atoms with van der Waals surface area (Å²) in [6.45, 7) is 0. The van der Waals surface area contributed by atoms with Crippen molar-refractivity contribution in [1.82, 2.24) is 9.88 Å². The lowest BCUT2D eigenvalue weighted by Crippen LogP contribution is -2.21. The number of para-hydroxylation sites is 2. The molecule has 0 aliphatic carbocycles. The largest absolute Gasteiger partial charge is 0.360 e. The van der Waals surface area contributed by atoms with Crippen LogP contribution in [0.25, 0.3) is 76.6 Å². The molecule has 9 aromatic rings.